The van der Waals surface area contributed by atoms with E-state index in [1.165, 1.54) is 16.7 Å². The molecule has 0 radical (unpaired) electrons. The summed E-state index contributed by atoms with van der Waals surface area (Å²) < 4.78 is 8.04. The first-order chi connectivity index (χ1) is 13.9. The number of nitrogens with zero attached hydrogens (tertiary/aromatic N) is 3. The highest BCUT2D eigenvalue weighted by atomic mass is 32.2. The SMILES string of the molecule is C=CCn1c(COc2ccc(C(C)(C)C)cc2)nnc1SCc1cccc(C)c1. The number of benzene rings is 2. The van der Waals surface area contributed by atoms with Gasteiger partial charge in [-0.2, -0.15) is 0 Å². The fourth-order valence-corrected chi connectivity index (χ4v) is 3.90. The smallest absolute Gasteiger partial charge is 0.191 e. The minimum absolute atomic E-state index is 0.131. The second-order valence-corrected chi connectivity index (χ2v) is 9.08. The largest absolute Gasteiger partial charge is 0.486 e. The predicted octanol–water partition coefficient (Wildman–Crippen LogP) is 5.94. The molecule has 0 bridgehead atoms. The zero-order valence-corrected chi connectivity index (χ0v) is 18.5. The van der Waals surface area contributed by atoms with Crippen LogP contribution >= 0.6 is 11.8 Å². The normalized spacial score (nSPS) is 11.4. The molecule has 5 heteroatoms. The summed E-state index contributed by atoms with van der Waals surface area (Å²) in [5.74, 6) is 2.49. The molecule has 0 amide bonds. The van der Waals surface area contributed by atoms with E-state index < -0.39 is 0 Å². The molecule has 0 fully saturated rings. The highest BCUT2D eigenvalue weighted by Crippen LogP contribution is 2.26. The minimum atomic E-state index is 0.131. The summed E-state index contributed by atoms with van der Waals surface area (Å²) in [6.07, 6.45) is 1.86. The topological polar surface area (TPSA) is 39.9 Å². The van der Waals surface area contributed by atoms with Crippen molar-refractivity contribution in [3.05, 3.63) is 83.7 Å². The van der Waals surface area contributed by atoms with Crippen LogP contribution in [0.15, 0.2) is 66.3 Å². The average molecular weight is 408 g/mol. The highest BCUT2D eigenvalue weighted by molar-refractivity contribution is 7.98. The molecule has 1 aromatic heterocycles. The van der Waals surface area contributed by atoms with Gasteiger partial charge in [-0.05, 0) is 35.6 Å². The van der Waals surface area contributed by atoms with E-state index in [9.17, 15) is 0 Å². The third-order valence-electron chi connectivity index (χ3n) is 4.64. The second kappa shape index (κ2) is 9.31. The molecule has 0 aliphatic rings. The number of rotatable bonds is 8. The molecule has 0 N–H and O–H groups in total. The first kappa shape index (κ1) is 21.2. The lowest BCUT2D eigenvalue weighted by Gasteiger charge is -2.19. The van der Waals surface area contributed by atoms with Crippen molar-refractivity contribution in [1.29, 1.82) is 0 Å². The number of hydrogen-bond acceptors (Lipinski definition) is 4. The van der Waals surface area contributed by atoms with Crippen molar-refractivity contribution in [3.8, 4) is 5.75 Å². The number of thioether (sulfide) groups is 1. The molecular weight excluding hydrogens is 378 g/mol. The maximum Gasteiger partial charge on any atom is 0.191 e. The van der Waals surface area contributed by atoms with Gasteiger partial charge in [0.2, 0.25) is 0 Å². The molecule has 0 atom stereocenters. The van der Waals surface area contributed by atoms with Crippen molar-refractivity contribution < 1.29 is 4.74 Å². The molecule has 0 spiro atoms. The van der Waals surface area contributed by atoms with Gasteiger partial charge in [0.05, 0.1) is 0 Å². The molecule has 29 heavy (non-hydrogen) atoms. The van der Waals surface area contributed by atoms with Gasteiger partial charge in [-0.25, -0.2) is 0 Å². The van der Waals surface area contributed by atoms with Gasteiger partial charge in [-0.15, -0.1) is 16.8 Å². The van der Waals surface area contributed by atoms with Crippen molar-refractivity contribution in [2.45, 2.75) is 57.2 Å². The Balaban J connectivity index is 1.67. The first-order valence-corrected chi connectivity index (χ1v) is 10.8. The third-order valence-corrected chi connectivity index (χ3v) is 5.68. The average Bonchev–Trinajstić information content (AvgIpc) is 3.06. The summed E-state index contributed by atoms with van der Waals surface area (Å²) in [6.45, 7) is 13.6. The van der Waals surface area contributed by atoms with E-state index in [0.29, 0.717) is 13.2 Å². The lowest BCUT2D eigenvalue weighted by atomic mass is 9.87. The van der Waals surface area contributed by atoms with Gasteiger partial charge in [-0.3, -0.25) is 4.57 Å². The molecule has 1 heterocycles. The highest BCUT2D eigenvalue weighted by Gasteiger charge is 2.15. The van der Waals surface area contributed by atoms with Gasteiger partial charge < -0.3 is 4.74 Å². The molecule has 3 rings (SSSR count). The summed E-state index contributed by atoms with van der Waals surface area (Å²) in [7, 11) is 0. The molecule has 0 aliphatic carbocycles. The van der Waals surface area contributed by atoms with Gasteiger partial charge in [0.15, 0.2) is 11.0 Å². The second-order valence-electron chi connectivity index (χ2n) is 8.14. The van der Waals surface area contributed by atoms with Crippen LogP contribution in [0.25, 0.3) is 0 Å². The minimum Gasteiger partial charge on any atom is -0.486 e. The molecule has 152 valence electrons. The standard InChI is InChI=1S/C24H29N3OS/c1-6-14-27-22(16-28-21-12-10-20(11-13-21)24(3,4)5)25-26-23(27)29-17-19-9-7-8-18(2)15-19/h6-13,15H,1,14,16-17H2,2-5H3. The van der Waals surface area contributed by atoms with Crippen LogP contribution in [-0.2, 0) is 24.3 Å². The molecule has 2 aromatic carbocycles. The van der Waals surface area contributed by atoms with E-state index in [-0.39, 0.29) is 5.41 Å². The van der Waals surface area contributed by atoms with E-state index in [2.05, 4.69) is 85.4 Å². The van der Waals surface area contributed by atoms with Crippen LogP contribution in [0.5, 0.6) is 5.75 Å². The Kier molecular flexibility index (Phi) is 6.80. The number of aryl methyl sites for hydroxylation is 1. The van der Waals surface area contributed by atoms with Crippen LogP contribution in [0, 0.1) is 6.92 Å². The fourth-order valence-electron chi connectivity index (χ4n) is 2.99. The van der Waals surface area contributed by atoms with E-state index in [1.54, 1.807) is 11.8 Å². The van der Waals surface area contributed by atoms with Crippen LogP contribution in [0.2, 0.25) is 0 Å². The fraction of sp³-hybridized carbons (Fsp3) is 0.333. The molecule has 0 aliphatic heterocycles. The van der Waals surface area contributed by atoms with Crippen molar-refractivity contribution in [2.24, 2.45) is 0 Å². The Hall–Kier alpha value is -2.53. The van der Waals surface area contributed by atoms with E-state index >= 15 is 0 Å². The number of hydrogen-bond donors (Lipinski definition) is 0. The van der Waals surface area contributed by atoms with Crippen molar-refractivity contribution in [1.82, 2.24) is 14.8 Å². The van der Waals surface area contributed by atoms with Gasteiger partial charge in [-0.1, -0.05) is 80.6 Å². The van der Waals surface area contributed by atoms with Crippen molar-refractivity contribution >= 4 is 11.8 Å². The molecule has 0 saturated carbocycles. The Bertz CT molecular complexity index is 955. The summed E-state index contributed by atoms with van der Waals surface area (Å²) in [5, 5.41) is 9.62. The first-order valence-electron chi connectivity index (χ1n) is 9.81. The molecule has 0 saturated heterocycles. The van der Waals surface area contributed by atoms with Crippen LogP contribution in [0.4, 0.5) is 0 Å². The van der Waals surface area contributed by atoms with Gasteiger partial charge >= 0.3 is 0 Å². The lowest BCUT2D eigenvalue weighted by molar-refractivity contribution is 0.289. The van der Waals surface area contributed by atoms with Gasteiger partial charge in [0.25, 0.3) is 0 Å². The molecular formula is C24H29N3OS. The lowest BCUT2D eigenvalue weighted by Crippen LogP contribution is -2.11. The summed E-state index contributed by atoms with van der Waals surface area (Å²) in [4.78, 5) is 0. The quantitative estimate of drug-likeness (QED) is 0.342. The Morgan fingerprint density at radius 1 is 1.10 bits per heavy atom. The van der Waals surface area contributed by atoms with Gasteiger partial charge in [0.1, 0.15) is 12.4 Å². The molecule has 0 unspecified atom stereocenters. The number of ether oxygens (including phenoxy) is 1. The zero-order chi connectivity index (χ0) is 20.9. The maximum absolute atomic E-state index is 5.97. The molecule has 4 nitrogen and oxygen atoms in total. The van der Waals surface area contributed by atoms with Crippen LogP contribution in [0.3, 0.4) is 0 Å². The predicted molar refractivity (Wildman–Crippen MR) is 120 cm³/mol. The maximum atomic E-state index is 5.97. The summed E-state index contributed by atoms with van der Waals surface area (Å²) >= 11 is 1.68. The zero-order valence-electron chi connectivity index (χ0n) is 17.7. The number of aromatic nitrogens is 3. The number of allylic oxidation sites excluding steroid dienone is 1. The van der Waals surface area contributed by atoms with Crippen LogP contribution < -0.4 is 4.74 Å². The van der Waals surface area contributed by atoms with Crippen molar-refractivity contribution in [2.75, 3.05) is 0 Å². The van der Waals surface area contributed by atoms with Gasteiger partial charge in [0, 0.05) is 12.3 Å². The molecule has 3 aromatic rings. The van der Waals surface area contributed by atoms with Crippen molar-refractivity contribution in [3.63, 3.8) is 0 Å². The third kappa shape index (κ3) is 5.73. The Labute approximate surface area is 178 Å². The van der Waals surface area contributed by atoms with E-state index in [4.69, 9.17) is 4.74 Å². The monoisotopic (exact) mass is 407 g/mol. The Morgan fingerprint density at radius 2 is 1.86 bits per heavy atom. The van der Waals surface area contributed by atoms with Crippen LogP contribution in [0.1, 0.15) is 43.3 Å². The van der Waals surface area contributed by atoms with E-state index in [0.717, 1.165) is 22.5 Å². The van der Waals surface area contributed by atoms with Crippen LogP contribution in [-0.4, -0.2) is 14.8 Å². The summed E-state index contributed by atoms with van der Waals surface area (Å²) in [6, 6.07) is 16.8. The van der Waals surface area contributed by atoms with E-state index in [1.807, 2.05) is 18.2 Å². The summed E-state index contributed by atoms with van der Waals surface area (Å²) in [5.41, 5.74) is 3.96. The Morgan fingerprint density at radius 3 is 2.52 bits per heavy atom.